The van der Waals surface area contributed by atoms with Crippen molar-refractivity contribution < 1.29 is 23.9 Å². The molecule has 0 aliphatic carbocycles. The minimum atomic E-state index is -0.649. The second kappa shape index (κ2) is 7.65. The molecule has 2 aliphatic heterocycles. The van der Waals surface area contributed by atoms with Gasteiger partial charge in [-0.3, -0.25) is 4.79 Å². The van der Waals surface area contributed by atoms with E-state index in [-0.39, 0.29) is 29.9 Å². The number of nitrogens with zero attached hydrogens (tertiary/aromatic N) is 1. The van der Waals surface area contributed by atoms with Gasteiger partial charge in [0.05, 0.1) is 13.2 Å². The fourth-order valence-corrected chi connectivity index (χ4v) is 3.75. The number of nitrogens with two attached hydrogens (primary N) is 1. The standard InChI is InChI=1S/C18H18N2O5S/c1-24-17(22)13(19)10-26-14-7-12-8-15(21)20(12)16(14)18(23)25-9-11-5-3-2-4-6-11/h2-6,10,12H,7-9,19H2,1H3. The number of ether oxygens (including phenoxy) is 2. The van der Waals surface area contributed by atoms with Crippen LogP contribution in [0.5, 0.6) is 0 Å². The van der Waals surface area contributed by atoms with Crippen LogP contribution in [0.4, 0.5) is 0 Å². The van der Waals surface area contributed by atoms with Gasteiger partial charge in [-0.25, -0.2) is 9.59 Å². The number of methoxy groups -OCH3 is 1. The van der Waals surface area contributed by atoms with Gasteiger partial charge in [-0.15, -0.1) is 0 Å². The first kappa shape index (κ1) is 18.1. The van der Waals surface area contributed by atoms with E-state index in [9.17, 15) is 14.4 Å². The SMILES string of the molecule is COC(=O)C(N)=CSC1=C(C(=O)OCc2ccccc2)N2C(=O)CC2C1. The molecule has 136 valence electrons. The Morgan fingerprint density at radius 1 is 1.31 bits per heavy atom. The summed E-state index contributed by atoms with van der Waals surface area (Å²) in [5.74, 6) is -1.32. The molecule has 1 unspecified atom stereocenters. The smallest absolute Gasteiger partial charge is 0.356 e. The second-order valence-corrected chi connectivity index (χ2v) is 6.81. The second-order valence-electron chi connectivity index (χ2n) is 5.84. The average molecular weight is 374 g/mol. The molecular weight excluding hydrogens is 356 g/mol. The molecule has 1 saturated heterocycles. The van der Waals surface area contributed by atoms with Crippen LogP contribution in [0.2, 0.25) is 0 Å². The number of amides is 1. The zero-order chi connectivity index (χ0) is 18.7. The maximum Gasteiger partial charge on any atom is 0.356 e. The monoisotopic (exact) mass is 374 g/mol. The fourth-order valence-electron chi connectivity index (χ4n) is 2.81. The van der Waals surface area contributed by atoms with Gasteiger partial charge in [0.2, 0.25) is 5.91 Å². The predicted octanol–water partition coefficient (Wildman–Crippen LogP) is 1.65. The Balaban J connectivity index is 1.75. The van der Waals surface area contributed by atoms with Gasteiger partial charge in [0.1, 0.15) is 18.0 Å². The lowest BCUT2D eigenvalue weighted by Gasteiger charge is -2.35. The summed E-state index contributed by atoms with van der Waals surface area (Å²) < 4.78 is 9.91. The van der Waals surface area contributed by atoms with Crippen LogP contribution in [-0.4, -0.2) is 35.9 Å². The third kappa shape index (κ3) is 3.60. The number of rotatable bonds is 6. The highest BCUT2D eigenvalue weighted by Gasteiger charge is 2.48. The third-order valence-corrected chi connectivity index (χ3v) is 5.14. The normalized spacial score (nSPS) is 19.1. The molecule has 7 nitrogen and oxygen atoms in total. The fraction of sp³-hybridized carbons (Fsp3) is 0.278. The first-order valence-corrected chi connectivity index (χ1v) is 8.86. The highest BCUT2D eigenvalue weighted by molar-refractivity contribution is 8.05. The minimum Gasteiger partial charge on any atom is -0.464 e. The molecule has 26 heavy (non-hydrogen) atoms. The lowest BCUT2D eigenvalue weighted by atomic mass is 10.0. The van der Waals surface area contributed by atoms with Gasteiger partial charge in [0.25, 0.3) is 0 Å². The summed E-state index contributed by atoms with van der Waals surface area (Å²) in [6.45, 7) is 0.119. The van der Waals surface area contributed by atoms with Crippen molar-refractivity contribution in [2.75, 3.05) is 7.11 Å². The van der Waals surface area contributed by atoms with Crippen molar-refractivity contribution >= 4 is 29.6 Å². The van der Waals surface area contributed by atoms with Crippen molar-refractivity contribution in [3.63, 3.8) is 0 Å². The Morgan fingerprint density at radius 2 is 2.04 bits per heavy atom. The van der Waals surface area contributed by atoms with Crippen molar-refractivity contribution in [1.29, 1.82) is 0 Å². The summed E-state index contributed by atoms with van der Waals surface area (Å²) in [5, 5.41) is 1.42. The molecule has 0 radical (unpaired) electrons. The van der Waals surface area contributed by atoms with Crippen molar-refractivity contribution in [2.24, 2.45) is 5.73 Å². The number of carbonyl (C=O) groups is 3. The summed E-state index contributed by atoms with van der Waals surface area (Å²) in [7, 11) is 1.24. The topological polar surface area (TPSA) is 98.9 Å². The van der Waals surface area contributed by atoms with Crippen molar-refractivity contribution in [2.45, 2.75) is 25.5 Å². The lowest BCUT2D eigenvalue weighted by Crippen LogP contribution is -2.49. The van der Waals surface area contributed by atoms with Crippen LogP contribution >= 0.6 is 11.8 Å². The number of carbonyl (C=O) groups excluding carboxylic acids is 3. The maximum absolute atomic E-state index is 12.6. The zero-order valence-electron chi connectivity index (χ0n) is 14.1. The minimum absolute atomic E-state index is 0.0305. The molecule has 1 aromatic carbocycles. The van der Waals surface area contributed by atoms with Crippen molar-refractivity contribution in [3.8, 4) is 0 Å². The van der Waals surface area contributed by atoms with E-state index in [0.717, 1.165) is 17.3 Å². The largest absolute Gasteiger partial charge is 0.464 e. The quantitative estimate of drug-likeness (QED) is 0.459. The molecule has 2 N–H and O–H groups in total. The molecule has 1 amide bonds. The van der Waals surface area contributed by atoms with Crippen molar-refractivity contribution in [1.82, 2.24) is 4.90 Å². The number of fused-ring (bicyclic) bond motifs is 1. The Hall–Kier alpha value is -2.74. The molecule has 0 aromatic heterocycles. The van der Waals surface area contributed by atoms with Gasteiger partial charge in [0.15, 0.2) is 0 Å². The van der Waals surface area contributed by atoms with E-state index in [1.54, 1.807) is 0 Å². The van der Waals surface area contributed by atoms with Crippen LogP contribution in [0.1, 0.15) is 18.4 Å². The number of hydrogen-bond acceptors (Lipinski definition) is 7. The highest BCUT2D eigenvalue weighted by Crippen LogP contribution is 2.43. The summed E-state index contributed by atoms with van der Waals surface area (Å²) in [4.78, 5) is 38.0. The number of benzene rings is 1. The Morgan fingerprint density at radius 3 is 2.69 bits per heavy atom. The number of thioether (sulfide) groups is 1. The van der Waals surface area contributed by atoms with Gasteiger partial charge in [-0.1, -0.05) is 42.1 Å². The summed E-state index contributed by atoms with van der Waals surface area (Å²) in [6.07, 6.45) is 0.937. The summed E-state index contributed by atoms with van der Waals surface area (Å²) in [5.41, 5.74) is 6.65. The predicted molar refractivity (Wildman–Crippen MR) is 95.0 cm³/mol. The Kier molecular flexibility index (Phi) is 5.32. The molecule has 1 aromatic rings. The van der Waals surface area contributed by atoms with Gasteiger partial charge in [-0.05, 0) is 5.56 Å². The molecule has 2 aliphatic rings. The van der Waals surface area contributed by atoms with E-state index in [1.807, 2.05) is 30.3 Å². The maximum atomic E-state index is 12.6. The van der Waals surface area contributed by atoms with Gasteiger partial charge < -0.3 is 20.1 Å². The molecule has 2 heterocycles. The number of esters is 2. The van der Waals surface area contributed by atoms with E-state index in [0.29, 0.717) is 17.7 Å². The van der Waals surface area contributed by atoms with E-state index in [2.05, 4.69) is 4.74 Å². The average Bonchev–Trinajstić information content (AvgIpc) is 2.96. The highest BCUT2D eigenvalue weighted by atomic mass is 32.2. The van der Waals surface area contributed by atoms with Gasteiger partial charge >= 0.3 is 11.9 Å². The van der Waals surface area contributed by atoms with E-state index < -0.39 is 11.9 Å². The van der Waals surface area contributed by atoms with Crippen LogP contribution in [0.15, 0.2) is 52.0 Å². The van der Waals surface area contributed by atoms with E-state index >= 15 is 0 Å². The molecule has 0 saturated carbocycles. The van der Waals surface area contributed by atoms with Crippen LogP contribution in [0.25, 0.3) is 0 Å². The molecular formula is C18H18N2O5S. The van der Waals surface area contributed by atoms with Gasteiger partial charge in [-0.2, -0.15) is 0 Å². The summed E-state index contributed by atoms with van der Waals surface area (Å²) in [6, 6.07) is 9.26. The third-order valence-electron chi connectivity index (χ3n) is 4.13. The molecule has 1 fully saturated rings. The van der Waals surface area contributed by atoms with E-state index in [1.165, 1.54) is 17.4 Å². The molecule has 8 heteroatoms. The van der Waals surface area contributed by atoms with Crippen LogP contribution in [-0.2, 0) is 30.5 Å². The Labute approximate surface area is 154 Å². The van der Waals surface area contributed by atoms with Crippen molar-refractivity contribution in [3.05, 3.63) is 57.6 Å². The number of hydrogen-bond donors (Lipinski definition) is 1. The van der Waals surface area contributed by atoms with Gasteiger partial charge in [0, 0.05) is 23.2 Å². The first-order valence-electron chi connectivity index (χ1n) is 7.98. The zero-order valence-corrected chi connectivity index (χ0v) is 15.0. The molecule has 0 spiro atoms. The van der Waals surface area contributed by atoms with Crippen LogP contribution < -0.4 is 5.73 Å². The number of β-lactam (4-membered cyclic amide) rings is 1. The Bertz CT molecular complexity index is 803. The lowest BCUT2D eigenvalue weighted by molar-refractivity contribution is -0.150. The molecule has 0 bridgehead atoms. The molecule has 1 atom stereocenters. The summed E-state index contributed by atoms with van der Waals surface area (Å²) >= 11 is 1.14. The first-order chi connectivity index (χ1) is 12.5. The van der Waals surface area contributed by atoms with Crippen LogP contribution in [0, 0.1) is 0 Å². The van der Waals surface area contributed by atoms with Crippen LogP contribution in [0.3, 0.4) is 0 Å². The molecule has 3 rings (SSSR count). The van der Waals surface area contributed by atoms with E-state index in [4.69, 9.17) is 10.5 Å².